The average molecular weight is 201 g/mol. The number of nitrogens with one attached hydrogen (secondary N) is 1. The van der Waals surface area contributed by atoms with Crippen LogP contribution in [-0.2, 0) is 0 Å². The van der Waals surface area contributed by atoms with Crippen LogP contribution in [-0.4, -0.2) is 31.5 Å². The fourth-order valence-corrected chi connectivity index (χ4v) is 1.67. The summed E-state index contributed by atoms with van der Waals surface area (Å²) in [6, 6.07) is 0. The molecule has 1 heterocycles. The number of H-pyrrole nitrogens is 1. The molecular weight excluding hydrogens is 190 g/mol. The molecule has 0 bridgehead atoms. The minimum Gasteiger partial charge on any atom is -0.409 e. The molecule has 0 saturated carbocycles. The van der Waals surface area contributed by atoms with Gasteiger partial charge in [-0.3, -0.25) is 5.10 Å². The maximum atomic E-state index is 8.33. The first-order chi connectivity index (χ1) is 6.22. The van der Waals surface area contributed by atoms with Crippen molar-refractivity contribution < 1.29 is 5.21 Å². The number of rotatable bonds is 4. The van der Waals surface area contributed by atoms with E-state index in [0.717, 1.165) is 5.16 Å². The van der Waals surface area contributed by atoms with E-state index < -0.39 is 0 Å². The Morgan fingerprint density at radius 3 is 3.23 bits per heavy atom. The summed E-state index contributed by atoms with van der Waals surface area (Å²) in [4.78, 5) is 3.94. The van der Waals surface area contributed by atoms with Crippen LogP contribution in [0.3, 0.4) is 0 Å². The fourth-order valence-electron chi connectivity index (χ4n) is 0.819. The molecule has 0 radical (unpaired) electrons. The molecule has 1 unspecified atom stereocenters. The van der Waals surface area contributed by atoms with Crippen LogP contribution >= 0.6 is 11.8 Å². The standard InChI is InChI=1S/C6H11N5OS/c1-4(2-5(7)11-12)13-6-8-3-9-10-6/h3-4,12H,2H2,1H3,(H2,7,11)(H,8,9,10). The summed E-state index contributed by atoms with van der Waals surface area (Å²) in [5, 5.41) is 18.6. The van der Waals surface area contributed by atoms with Gasteiger partial charge in [0.25, 0.3) is 0 Å². The van der Waals surface area contributed by atoms with Crippen LogP contribution in [0.15, 0.2) is 16.6 Å². The number of oxime groups is 1. The molecule has 0 aliphatic heterocycles. The first-order valence-corrected chi connectivity index (χ1v) is 4.58. The van der Waals surface area contributed by atoms with E-state index in [0.29, 0.717) is 6.42 Å². The molecule has 0 aromatic carbocycles. The highest BCUT2D eigenvalue weighted by molar-refractivity contribution is 7.99. The minimum absolute atomic E-state index is 0.198. The highest BCUT2D eigenvalue weighted by Gasteiger charge is 2.08. The summed E-state index contributed by atoms with van der Waals surface area (Å²) in [5.41, 5.74) is 5.34. The highest BCUT2D eigenvalue weighted by Crippen LogP contribution is 2.20. The second-order valence-electron chi connectivity index (χ2n) is 2.51. The monoisotopic (exact) mass is 201 g/mol. The quantitative estimate of drug-likeness (QED) is 0.215. The number of aromatic nitrogens is 3. The maximum Gasteiger partial charge on any atom is 0.183 e. The number of amidine groups is 1. The summed E-state index contributed by atoms with van der Waals surface area (Å²) in [7, 11) is 0. The Balaban J connectivity index is 2.38. The first kappa shape index (κ1) is 9.85. The van der Waals surface area contributed by atoms with Crippen LogP contribution < -0.4 is 5.73 Å². The molecule has 0 spiro atoms. The lowest BCUT2D eigenvalue weighted by molar-refractivity contribution is 0.317. The zero-order valence-electron chi connectivity index (χ0n) is 7.14. The van der Waals surface area contributed by atoms with Crippen molar-refractivity contribution in [1.82, 2.24) is 15.2 Å². The van der Waals surface area contributed by atoms with Crippen molar-refractivity contribution in [2.45, 2.75) is 23.8 Å². The van der Waals surface area contributed by atoms with E-state index in [1.165, 1.54) is 18.1 Å². The van der Waals surface area contributed by atoms with Gasteiger partial charge < -0.3 is 10.9 Å². The van der Waals surface area contributed by atoms with Crippen molar-refractivity contribution in [1.29, 1.82) is 0 Å². The number of hydrogen-bond donors (Lipinski definition) is 3. The molecule has 1 atom stereocenters. The number of thioether (sulfide) groups is 1. The lowest BCUT2D eigenvalue weighted by Gasteiger charge is -2.06. The molecule has 72 valence electrons. The van der Waals surface area contributed by atoms with Crippen LogP contribution in [0.2, 0.25) is 0 Å². The van der Waals surface area contributed by atoms with Gasteiger partial charge in [0.1, 0.15) is 12.2 Å². The van der Waals surface area contributed by atoms with Gasteiger partial charge in [0.2, 0.25) is 0 Å². The summed E-state index contributed by atoms with van der Waals surface area (Å²) in [6.07, 6.45) is 1.96. The molecule has 1 aromatic heterocycles. The minimum atomic E-state index is 0.198. The Bertz CT molecular complexity index is 273. The number of nitrogens with two attached hydrogens (primary N) is 1. The van der Waals surface area contributed by atoms with Crippen molar-refractivity contribution >= 4 is 17.6 Å². The van der Waals surface area contributed by atoms with Gasteiger partial charge in [-0.1, -0.05) is 23.8 Å². The molecule has 13 heavy (non-hydrogen) atoms. The highest BCUT2D eigenvalue weighted by atomic mass is 32.2. The SMILES string of the molecule is CC(CC(N)=NO)Sc1ncn[nH]1. The van der Waals surface area contributed by atoms with Gasteiger partial charge >= 0.3 is 0 Å². The normalized spacial score (nSPS) is 14.4. The smallest absolute Gasteiger partial charge is 0.183 e. The van der Waals surface area contributed by atoms with E-state index in [2.05, 4.69) is 20.3 Å². The average Bonchev–Trinajstić information content (AvgIpc) is 2.56. The molecule has 1 rings (SSSR count). The Kier molecular flexibility index (Phi) is 3.56. The second kappa shape index (κ2) is 4.70. The Morgan fingerprint density at radius 2 is 2.69 bits per heavy atom. The van der Waals surface area contributed by atoms with E-state index in [4.69, 9.17) is 10.9 Å². The molecule has 0 aliphatic rings. The van der Waals surface area contributed by atoms with Gasteiger partial charge in [-0.05, 0) is 0 Å². The van der Waals surface area contributed by atoms with Crippen molar-refractivity contribution in [2.24, 2.45) is 10.9 Å². The number of nitrogens with zero attached hydrogens (tertiary/aromatic N) is 3. The van der Waals surface area contributed by atoms with E-state index in [-0.39, 0.29) is 11.1 Å². The van der Waals surface area contributed by atoms with Crippen LogP contribution in [0.1, 0.15) is 13.3 Å². The largest absolute Gasteiger partial charge is 0.409 e. The summed E-state index contributed by atoms with van der Waals surface area (Å²) < 4.78 is 0. The van der Waals surface area contributed by atoms with Gasteiger partial charge in [-0.25, -0.2) is 4.98 Å². The molecule has 0 aliphatic carbocycles. The molecule has 0 amide bonds. The molecule has 0 saturated heterocycles. The molecule has 4 N–H and O–H groups in total. The van der Waals surface area contributed by atoms with Crippen molar-refractivity contribution in [3.8, 4) is 0 Å². The van der Waals surface area contributed by atoms with Gasteiger partial charge in [0.05, 0.1) is 0 Å². The number of aromatic amines is 1. The molecule has 7 heteroatoms. The third-order valence-corrected chi connectivity index (χ3v) is 2.32. The van der Waals surface area contributed by atoms with E-state index in [9.17, 15) is 0 Å². The van der Waals surface area contributed by atoms with E-state index in [1.807, 2.05) is 6.92 Å². The zero-order chi connectivity index (χ0) is 9.68. The van der Waals surface area contributed by atoms with Gasteiger partial charge in [-0.2, -0.15) is 5.10 Å². The summed E-state index contributed by atoms with van der Waals surface area (Å²) in [6.45, 7) is 1.96. The topological polar surface area (TPSA) is 100 Å². The molecule has 1 aromatic rings. The fraction of sp³-hybridized carbons (Fsp3) is 0.500. The maximum absolute atomic E-state index is 8.33. The second-order valence-corrected chi connectivity index (χ2v) is 3.94. The Hall–Kier alpha value is -1.24. The molecule has 0 fully saturated rings. The number of hydrogen-bond acceptors (Lipinski definition) is 5. The van der Waals surface area contributed by atoms with Crippen LogP contribution in [0.4, 0.5) is 0 Å². The van der Waals surface area contributed by atoms with Gasteiger partial charge in [0, 0.05) is 11.7 Å². The van der Waals surface area contributed by atoms with Crippen molar-refractivity contribution in [2.75, 3.05) is 0 Å². The van der Waals surface area contributed by atoms with Crippen LogP contribution in [0.5, 0.6) is 0 Å². The molecule has 6 nitrogen and oxygen atoms in total. The van der Waals surface area contributed by atoms with Crippen molar-refractivity contribution in [3.05, 3.63) is 6.33 Å². The van der Waals surface area contributed by atoms with E-state index in [1.54, 1.807) is 0 Å². The zero-order valence-corrected chi connectivity index (χ0v) is 7.95. The Morgan fingerprint density at radius 1 is 1.92 bits per heavy atom. The van der Waals surface area contributed by atoms with Gasteiger partial charge in [0.15, 0.2) is 5.16 Å². The Labute approximate surface area is 79.6 Å². The van der Waals surface area contributed by atoms with Crippen LogP contribution in [0.25, 0.3) is 0 Å². The lowest BCUT2D eigenvalue weighted by atomic mass is 10.3. The lowest BCUT2D eigenvalue weighted by Crippen LogP contribution is -2.16. The predicted octanol–water partition coefficient (Wildman–Crippen LogP) is 0.422. The third-order valence-electron chi connectivity index (χ3n) is 1.33. The van der Waals surface area contributed by atoms with E-state index >= 15 is 0 Å². The van der Waals surface area contributed by atoms with Gasteiger partial charge in [-0.15, -0.1) is 0 Å². The third kappa shape index (κ3) is 3.32. The van der Waals surface area contributed by atoms with Crippen molar-refractivity contribution in [3.63, 3.8) is 0 Å². The summed E-state index contributed by atoms with van der Waals surface area (Å²) in [5.74, 6) is 0.222. The van der Waals surface area contributed by atoms with Crippen LogP contribution in [0, 0.1) is 0 Å². The predicted molar refractivity (Wildman–Crippen MR) is 49.7 cm³/mol. The molecular formula is C6H11N5OS. The first-order valence-electron chi connectivity index (χ1n) is 3.70. The summed E-state index contributed by atoms with van der Waals surface area (Å²) >= 11 is 1.49.